The lowest BCUT2D eigenvalue weighted by molar-refractivity contribution is -0.124. The summed E-state index contributed by atoms with van der Waals surface area (Å²) in [7, 11) is 0. The van der Waals surface area contributed by atoms with E-state index < -0.39 is 0 Å². The van der Waals surface area contributed by atoms with Gasteiger partial charge in [-0.15, -0.1) is 0 Å². The number of nitrogens with zero attached hydrogens (tertiary/aromatic N) is 1. The number of rotatable bonds is 6. The summed E-state index contributed by atoms with van der Waals surface area (Å²) >= 11 is 6.00. The van der Waals surface area contributed by atoms with Crippen LogP contribution in [0.2, 0.25) is 5.02 Å². The molecule has 1 fully saturated rings. The standard InChI is InChI=1S/C16H20ClN3O2/c1-10-13(17)4-3-5-14(10)18-15(21)8-9-16(22)20-19-11(2)12-6-7-12/h3-5,12H,6-9H2,1-2H3,(H,18,21)(H,20,22)/b19-11-. The van der Waals surface area contributed by atoms with Crippen molar-refractivity contribution in [1.29, 1.82) is 0 Å². The van der Waals surface area contributed by atoms with E-state index >= 15 is 0 Å². The van der Waals surface area contributed by atoms with Crippen molar-refractivity contribution in [3.05, 3.63) is 28.8 Å². The number of carbonyl (C=O) groups is 2. The molecule has 22 heavy (non-hydrogen) atoms. The lowest BCUT2D eigenvalue weighted by Crippen LogP contribution is -2.22. The molecule has 118 valence electrons. The van der Waals surface area contributed by atoms with Gasteiger partial charge in [-0.2, -0.15) is 5.10 Å². The quantitative estimate of drug-likeness (QED) is 0.623. The molecule has 0 aliphatic heterocycles. The summed E-state index contributed by atoms with van der Waals surface area (Å²) in [6, 6.07) is 5.32. The zero-order valence-electron chi connectivity index (χ0n) is 12.8. The Morgan fingerprint density at radius 3 is 2.64 bits per heavy atom. The van der Waals surface area contributed by atoms with Gasteiger partial charge in [-0.25, -0.2) is 5.43 Å². The van der Waals surface area contributed by atoms with Crippen LogP contribution >= 0.6 is 11.6 Å². The average Bonchev–Trinajstić information content (AvgIpc) is 3.32. The van der Waals surface area contributed by atoms with E-state index in [4.69, 9.17) is 11.6 Å². The monoisotopic (exact) mass is 321 g/mol. The van der Waals surface area contributed by atoms with Gasteiger partial charge in [0.05, 0.1) is 0 Å². The summed E-state index contributed by atoms with van der Waals surface area (Å²) in [6.07, 6.45) is 2.50. The van der Waals surface area contributed by atoms with Crippen LogP contribution < -0.4 is 10.7 Å². The number of nitrogens with one attached hydrogen (secondary N) is 2. The fourth-order valence-corrected chi connectivity index (χ4v) is 2.16. The van der Waals surface area contributed by atoms with E-state index in [-0.39, 0.29) is 24.7 Å². The van der Waals surface area contributed by atoms with Gasteiger partial charge in [-0.3, -0.25) is 9.59 Å². The molecular weight excluding hydrogens is 302 g/mol. The van der Waals surface area contributed by atoms with Crippen molar-refractivity contribution in [2.75, 3.05) is 5.32 Å². The van der Waals surface area contributed by atoms with E-state index in [9.17, 15) is 9.59 Å². The van der Waals surface area contributed by atoms with Crippen LogP contribution in [0.25, 0.3) is 0 Å². The average molecular weight is 322 g/mol. The largest absolute Gasteiger partial charge is 0.326 e. The van der Waals surface area contributed by atoms with Crippen LogP contribution in [0, 0.1) is 12.8 Å². The van der Waals surface area contributed by atoms with Gasteiger partial charge < -0.3 is 5.32 Å². The summed E-state index contributed by atoms with van der Waals surface area (Å²) in [4.78, 5) is 23.5. The number of hydrogen-bond acceptors (Lipinski definition) is 3. The van der Waals surface area contributed by atoms with Gasteiger partial charge in [-0.05, 0) is 50.3 Å². The topological polar surface area (TPSA) is 70.6 Å². The van der Waals surface area contributed by atoms with E-state index in [1.54, 1.807) is 18.2 Å². The summed E-state index contributed by atoms with van der Waals surface area (Å²) in [5.74, 6) is 0.0516. The molecule has 1 aliphatic rings. The molecule has 0 bridgehead atoms. The van der Waals surface area contributed by atoms with Crippen LogP contribution in [-0.2, 0) is 9.59 Å². The number of amides is 2. The van der Waals surface area contributed by atoms with Crippen molar-refractivity contribution in [3.8, 4) is 0 Å². The van der Waals surface area contributed by atoms with Crippen LogP contribution in [0.15, 0.2) is 23.3 Å². The van der Waals surface area contributed by atoms with Crippen molar-refractivity contribution >= 4 is 34.8 Å². The molecule has 1 aromatic carbocycles. The Bertz CT molecular complexity index is 609. The minimum atomic E-state index is -0.252. The highest BCUT2D eigenvalue weighted by molar-refractivity contribution is 6.31. The van der Waals surface area contributed by atoms with E-state index in [2.05, 4.69) is 15.8 Å². The van der Waals surface area contributed by atoms with E-state index in [1.807, 2.05) is 13.8 Å². The maximum atomic E-state index is 11.9. The molecule has 0 aromatic heterocycles. The summed E-state index contributed by atoms with van der Waals surface area (Å²) in [5.41, 5.74) is 4.92. The van der Waals surface area contributed by atoms with Gasteiger partial charge in [0.15, 0.2) is 0 Å². The molecule has 2 N–H and O–H groups in total. The van der Waals surface area contributed by atoms with Crippen LogP contribution in [0.1, 0.15) is 38.2 Å². The van der Waals surface area contributed by atoms with Gasteiger partial charge in [0.1, 0.15) is 0 Å². The maximum Gasteiger partial charge on any atom is 0.240 e. The van der Waals surface area contributed by atoms with Crippen molar-refractivity contribution < 1.29 is 9.59 Å². The molecule has 0 saturated heterocycles. The summed E-state index contributed by atoms with van der Waals surface area (Å²) in [5, 5.41) is 7.40. The van der Waals surface area contributed by atoms with E-state index in [0.29, 0.717) is 16.6 Å². The number of hydrogen-bond donors (Lipinski definition) is 2. The van der Waals surface area contributed by atoms with Crippen LogP contribution in [0.3, 0.4) is 0 Å². The maximum absolute atomic E-state index is 11.9. The number of benzene rings is 1. The smallest absolute Gasteiger partial charge is 0.240 e. The molecule has 1 aromatic rings. The Hall–Kier alpha value is -1.88. The van der Waals surface area contributed by atoms with Crippen molar-refractivity contribution in [1.82, 2.24) is 5.43 Å². The predicted molar refractivity (Wildman–Crippen MR) is 88.0 cm³/mol. The molecule has 2 rings (SSSR count). The molecule has 5 nitrogen and oxygen atoms in total. The van der Waals surface area contributed by atoms with Gasteiger partial charge in [-0.1, -0.05) is 17.7 Å². The molecule has 0 radical (unpaired) electrons. The zero-order valence-corrected chi connectivity index (χ0v) is 13.5. The number of hydrazone groups is 1. The third kappa shape index (κ3) is 4.84. The predicted octanol–water partition coefficient (Wildman–Crippen LogP) is 3.27. The molecule has 0 spiro atoms. The molecule has 0 atom stereocenters. The van der Waals surface area contributed by atoms with E-state index in [0.717, 1.165) is 24.1 Å². The highest BCUT2D eigenvalue weighted by Gasteiger charge is 2.24. The van der Waals surface area contributed by atoms with Gasteiger partial charge >= 0.3 is 0 Å². The number of carbonyl (C=O) groups excluding carboxylic acids is 2. The molecule has 0 unspecified atom stereocenters. The molecule has 1 aliphatic carbocycles. The SMILES string of the molecule is C/C(=N/NC(=O)CCC(=O)Nc1cccc(Cl)c1C)C1CC1. The molecule has 2 amide bonds. The van der Waals surface area contributed by atoms with Gasteiger partial charge in [0, 0.05) is 29.3 Å². The Kier molecular flexibility index (Phi) is 5.55. The fourth-order valence-electron chi connectivity index (χ4n) is 1.98. The first-order valence-corrected chi connectivity index (χ1v) is 7.73. The van der Waals surface area contributed by atoms with Crippen LogP contribution in [0.5, 0.6) is 0 Å². The highest BCUT2D eigenvalue weighted by atomic mass is 35.5. The molecule has 1 saturated carbocycles. The van der Waals surface area contributed by atoms with Crippen molar-refractivity contribution in [2.24, 2.45) is 11.0 Å². The first kappa shape index (κ1) is 16.5. The minimum absolute atomic E-state index is 0.104. The lowest BCUT2D eigenvalue weighted by Gasteiger charge is -2.09. The van der Waals surface area contributed by atoms with Crippen molar-refractivity contribution in [3.63, 3.8) is 0 Å². The summed E-state index contributed by atoms with van der Waals surface area (Å²) in [6.45, 7) is 3.74. The van der Waals surface area contributed by atoms with Gasteiger partial charge in [0.2, 0.25) is 11.8 Å². The third-order valence-corrected chi connectivity index (χ3v) is 4.06. The summed E-state index contributed by atoms with van der Waals surface area (Å²) < 4.78 is 0. The Labute approximate surface area is 135 Å². The lowest BCUT2D eigenvalue weighted by atomic mass is 10.2. The highest BCUT2D eigenvalue weighted by Crippen LogP contribution is 2.30. The second kappa shape index (κ2) is 7.40. The zero-order chi connectivity index (χ0) is 16.1. The first-order chi connectivity index (χ1) is 10.5. The third-order valence-electron chi connectivity index (χ3n) is 3.65. The van der Waals surface area contributed by atoms with E-state index in [1.165, 1.54) is 0 Å². The molecule has 6 heteroatoms. The van der Waals surface area contributed by atoms with Crippen molar-refractivity contribution in [2.45, 2.75) is 39.5 Å². The Morgan fingerprint density at radius 1 is 1.27 bits per heavy atom. The molecular formula is C16H20ClN3O2. The van der Waals surface area contributed by atoms with Gasteiger partial charge in [0.25, 0.3) is 0 Å². The fraction of sp³-hybridized carbons (Fsp3) is 0.438. The second-order valence-corrected chi connectivity index (χ2v) is 5.93. The minimum Gasteiger partial charge on any atom is -0.326 e. The van der Waals surface area contributed by atoms with Crippen LogP contribution in [0.4, 0.5) is 5.69 Å². The Balaban J connectivity index is 1.76. The first-order valence-electron chi connectivity index (χ1n) is 7.35. The normalized spacial score (nSPS) is 14.6. The Morgan fingerprint density at radius 2 is 1.95 bits per heavy atom. The van der Waals surface area contributed by atoms with Crippen LogP contribution in [-0.4, -0.2) is 17.5 Å². The molecule has 0 heterocycles. The number of halogens is 1. The second-order valence-electron chi connectivity index (χ2n) is 5.52. The number of anilines is 1.